The van der Waals surface area contributed by atoms with Crippen LogP contribution < -0.4 is 11.5 Å². The van der Waals surface area contributed by atoms with E-state index in [1.165, 1.54) is 5.39 Å². The van der Waals surface area contributed by atoms with Crippen molar-refractivity contribution in [2.45, 2.75) is 13.3 Å². The van der Waals surface area contributed by atoms with Gasteiger partial charge in [-0.3, -0.25) is 0 Å². The van der Waals surface area contributed by atoms with Crippen LogP contribution in [0.15, 0.2) is 30.3 Å². The van der Waals surface area contributed by atoms with Gasteiger partial charge < -0.3 is 16.5 Å². The quantitative estimate of drug-likeness (QED) is 0.557. The molecule has 0 bridgehead atoms. The minimum absolute atomic E-state index is 0.666. The van der Waals surface area contributed by atoms with Gasteiger partial charge in [-0.05, 0) is 18.6 Å². The van der Waals surface area contributed by atoms with E-state index in [9.17, 15) is 0 Å². The van der Waals surface area contributed by atoms with Crippen LogP contribution in [0.4, 0.5) is 11.4 Å². The number of anilines is 2. The molecule has 86 valence electrons. The van der Waals surface area contributed by atoms with Crippen molar-refractivity contribution in [2.75, 3.05) is 11.5 Å². The Morgan fingerprint density at radius 3 is 2.65 bits per heavy atom. The topological polar surface area (TPSA) is 67.8 Å². The molecule has 0 saturated carbocycles. The van der Waals surface area contributed by atoms with E-state index in [4.69, 9.17) is 11.5 Å². The van der Waals surface area contributed by atoms with Crippen molar-refractivity contribution in [3.8, 4) is 0 Å². The molecule has 0 atom stereocenters. The number of aryl methyl sites for hydroxylation is 1. The average molecular weight is 225 g/mol. The van der Waals surface area contributed by atoms with Crippen molar-refractivity contribution in [1.82, 2.24) is 4.98 Å². The smallest absolute Gasteiger partial charge is 0.0601 e. The van der Waals surface area contributed by atoms with E-state index in [-0.39, 0.29) is 0 Å². The number of nitrogens with one attached hydrogen (secondary N) is 1. The molecule has 3 rings (SSSR count). The summed E-state index contributed by atoms with van der Waals surface area (Å²) in [7, 11) is 0. The number of para-hydroxylation sites is 1. The number of H-pyrrole nitrogens is 1. The molecule has 1 aromatic heterocycles. The minimum atomic E-state index is 0.666. The number of rotatable bonds is 1. The van der Waals surface area contributed by atoms with Crippen LogP contribution >= 0.6 is 0 Å². The largest absolute Gasteiger partial charge is 0.397 e. The summed E-state index contributed by atoms with van der Waals surface area (Å²) in [6, 6.07) is 10.2. The maximum Gasteiger partial charge on any atom is 0.0601 e. The molecule has 3 nitrogen and oxygen atoms in total. The Hall–Kier alpha value is -2.16. The molecule has 5 N–H and O–H groups in total. The molecule has 0 aliphatic carbocycles. The van der Waals surface area contributed by atoms with Crippen LogP contribution in [0, 0.1) is 0 Å². The number of aromatic nitrogens is 1. The number of hydrogen-bond acceptors (Lipinski definition) is 2. The molecule has 0 aliphatic heterocycles. The number of fused-ring (bicyclic) bond motifs is 3. The fourth-order valence-corrected chi connectivity index (χ4v) is 2.46. The summed E-state index contributed by atoms with van der Waals surface area (Å²) in [5.41, 5.74) is 16.7. The highest BCUT2D eigenvalue weighted by molar-refractivity contribution is 6.11. The first-order valence-electron chi connectivity index (χ1n) is 5.79. The van der Waals surface area contributed by atoms with Gasteiger partial charge in [0.15, 0.2) is 0 Å². The summed E-state index contributed by atoms with van der Waals surface area (Å²) in [6.07, 6.45) is 0.875. The van der Waals surface area contributed by atoms with Crippen molar-refractivity contribution >= 4 is 33.2 Å². The van der Waals surface area contributed by atoms with Crippen LogP contribution in [0.2, 0.25) is 0 Å². The first-order valence-corrected chi connectivity index (χ1v) is 5.79. The number of nitrogen functional groups attached to an aromatic ring is 2. The Labute approximate surface area is 99.4 Å². The Kier molecular flexibility index (Phi) is 2.01. The van der Waals surface area contributed by atoms with Crippen molar-refractivity contribution < 1.29 is 0 Å². The fourth-order valence-electron chi connectivity index (χ4n) is 2.46. The summed E-state index contributed by atoms with van der Waals surface area (Å²) in [4.78, 5) is 3.43. The minimum Gasteiger partial charge on any atom is -0.397 e. The van der Waals surface area contributed by atoms with E-state index >= 15 is 0 Å². The summed E-state index contributed by atoms with van der Waals surface area (Å²) in [5.74, 6) is 0. The lowest BCUT2D eigenvalue weighted by Gasteiger charge is -2.07. The van der Waals surface area contributed by atoms with Gasteiger partial charge in [-0.15, -0.1) is 0 Å². The molecule has 0 fully saturated rings. The molecule has 3 heteroatoms. The van der Waals surface area contributed by atoms with Crippen LogP contribution in [0.1, 0.15) is 12.5 Å². The first kappa shape index (κ1) is 10.0. The molecule has 0 unspecified atom stereocenters. The van der Waals surface area contributed by atoms with Gasteiger partial charge >= 0.3 is 0 Å². The van der Waals surface area contributed by atoms with Crippen LogP contribution in [0.5, 0.6) is 0 Å². The van der Waals surface area contributed by atoms with Crippen molar-refractivity contribution in [3.05, 3.63) is 35.9 Å². The second-order valence-electron chi connectivity index (χ2n) is 4.30. The van der Waals surface area contributed by atoms with Gasteiger partial charge in [-0.2, -0.15) is 0 Å². The number of benzene rings is 2. The van der Waals surface area contributed by atoms with E-state index in [0.717, 1.165) is 28.4 Å². The van der Waals surface area contributed by atoms with Crippen molar-refractivity contribution in [2.24, 2.45) is 0 Å². The van der Waals surface area contributed by atoms with Crippen LogP contribution in [0.3, 0.4) is 0 Å². The molecule has 1 heterocycles. The Morgan fingerprint density at radius 1 is 1.12 bits per heavy atom. The lowest BCUT2D eigenvalue weighted by molar-refractivity contribution is 1.16. The van der Waals surface area contributed by atoms with E-state index in [0.29, 0.717) is 11.4 Å². The summed E-state index contributed by atoms with van der Waals surface area (Å²) in [5, 5.41) is 2.35. The molecule has 0 amide bonds. The predicted octanol–water partition coefficient (Wildman–Crippen LogP) is 3.05. The van der Waals surface area contributed by atoms with Crippen LogP contribution in [0.25, 0.3) is 21.8 Å². The number of hydrogen-bond donors (Lipinski definition) is 3. The zero-order chi connectivity index (χ0) is 12.0. The summed E-state index contributed by atoms with van der Waals surface area (Å²) in [6.45, 7) is 2.09. The third-order valence-corrected chi connectivity index (χ3v) is 3.34. The summed E-state index contributed by atoms with van der Waals surface area (Å²) < 4.78 is 0. The normalized spacial score (nSPS) is 11.4. The van der Waals surface area contributed by atoms with E-state index in [1.54, 1.807) is 0 Å². The zero-order valence-electron chi connectivity index (χ0n) is 9.75. The molecule has 0 radical (unpaired) electrons. The second-order valence-corrected chi connectivity index (χ2v) is 4.30. The van der Waals surface area contributed by atoms with Gasteiger partial charge in [-0.1, -0.05) is 25.1 Å². The SMILES string of the molecule is CCc1c(N)c(N)cc2c1[nH]c1ccccc12. The monoisotopic (exact) mass is 225 g/mol. The lowest BCUT2D eigenvalue weighted by Crippen LogP contribution is -1.99. The van der Waals surface area contributed by atoms with E-state index in [2.05, 4.69) is 24.0 Å². The maximum atomic E-state index is 6.04. The standard InChI is InChI=1S/C14H15N3/c1-2-8-13(16)11(15)7-10-9-5-3-4-6-12(9)17-14(8)10/h3-7,17H,2,15-16H2,1H3. The van der Waals surface area contributed by atoms with Crippen LogP contribution in [-0.2, 0) is 6.42 Å². The van der Waals surface area contributed by atoms with Crippen molar-refractivity contribution in [3.63, 3.8) is 0 Å². The fraction of sp³-hybridized carbons (Fsp3) is 0.143. The second kappa shape index (κ2) is 3.42. The van der Waals surface area contributed by atoms with Crippen molar-refractivity contribution in [1.29, 1.82) is 0 Å². The highest BCUT2D eigenvalue weighted by Gasteiger charge is 2.12. The molecule has 0 spiro atoms. The Balaban J connectivity index is 2.56. The number of aromatic amines is 1. The molecular weight excluding hydrogens is 210 g/mol. The Bertz CT molecular complexity index is 710. The highest BCUT2D eigenvalue weighted by atomic mass is 14.7. The van der Waals surface area contributed by atoms with Gasteiger partial charge in [0.2, 0.25) is 0 Å². The highest BCUT2D eigenvalue weighted by Crippen LogP contribution is 2.34. The summed E-state index contributed by atoms with van der Waals surface area (Å²) >= 11 is 0. The van der Waals surface area contributed by atoms with Gasteiger partial charge in [0.1, 0.15) is 0 Å². The molecule has 3 aromatic rings. The third kappa shape index (κ3) is 1.29. The van der Waals surface area contributed by atoms with Crippen LogP contribution in [-0.4, -0.2) is 4.98 Å². The molecular formula is C14H15N3. The average Bonchev–Trinajstić information content (AvgIpc) is 2.69. The lowest BCUT2D eigenvalue weighted by atomic mass is 10.0. The first-order chi connectivity index (χ1) is 8.22. The maximum absolute atomic E-state index is 6.04. The molecule has 0 saturated heterocycles. The van der Waals surface area contributed by atoms with E-state index < -0.39 is 0 Å². The molecule has 2 aromatic carbocycles. The third-order valence-electron chi connectivity index (χ3n) is 3.34. The van der Waals surface area contributed by atoms with Gasteiger partial charge in [-0.25, -0.2) is 0 Å². The number of nitrogens with two attached hydrogens (primary N) is 2. The Morgan fingerprint density at radius 2 is 1.88 bits per heavy atom. The molecule has 0 aliphatic rings. The zero-order valence-corrected chi connectivity index (χ0v) is 9.75. The predicted molar refractivity (Wildman–Crippen MR) is 74.0 cm³/mol. The van der Waals surface area contributed by atoms with Gasteiger partial charge in [0.25, 0.3) is 0 Å². The molecule has 17 heavy (non-hydrogen) atoms. The van der Waals surface area contributed by atoms with Gasteiger partial charge in [0.05, 0.1) is 16.9 Å². The van der Waals surface area contributed by atoms with Gasteiger partial charge in [0, 0.05) is 21.9 Å². The van der Waals surface area contributed by atoms with E-state index in [1.807, 2.05) is 18.2 Å².